The van der Waals surface area contributed by atoms with Crippen LogP contribution in [-0.4, -0.2) is 32.0 Å². The molecule has 0 spiro atoms. The van der Waals surface area contributed by atoms with E-state index in [4.69, 9.17) is 16.3 Å². The van der Waals surface area contributed by atoms with Crippen LogP contribution in [0.2, 0.25) is 5.02 Å². The summed E-state index contributed by atoms with van der Waals surface area (Å²) in [5, 5.41) is 9.20. The Hall–Kier alpha value is -3.55. The third kappa shape index (κ3) is 3.88. The number of aromatic nitrogens is 4. The van der Waals surface area contributed by atoms with Crippen molar-refractivity contribution in [3.8, 4) is 17.0 Å². The number of ether oxygens (including phenoxy) is 1. The topological polar surface area (TPSA) is 69.9 Å². The molecule has 0 saturated heterocycles. The molecule has 3 heterocycles. The maximum Gasteiger partial charge on any atom is 0.206 e. The maximum absolute atomic E-state index is 13.5. The highest BCUT2D eigenvalue weighted by atomic mass is 35.5. The number of halogens is 1. The van der Waals surface area contributed by atoms with E-state index in [0.717, 1.165) is 22.0 Å². The Bertz CT molecular complexity index is 1410. The lowest BCUT2D eigenvalue weighted by atomic mass is 10.1. The van der Waals surface area contributed by atoms with Gasteiger partial charge in [0.25, 0.3) is 0 Å². The fourth-order valence-electron chi connectivity index (χ4n) is 3.59. The number of carbonyl (C=O) groups is 1. The molecule has 3 aromatic heterocycles. The van der Waals surface area contributed by atoms with Gasteiger partial charge in [0, 0.05) is 39.8 Å². The van der Waals surface area contributed by atoms with E-state index >= 15 is 0 Å². The third-order valence-electron chi connectivity index (χ3n) is 5.21. The highest BCUT2D eigenvalue weighted by Crippen LogP contribution is 2.30. The number of rotatable bonds is 6. The van der Waals surface area contributed by atoms with Crippen molar-refractivity contribution in [2.75, 3.05) is 7.11 Å². The molecule has 158 valence electrons. The summed E-state index contributed by atoms with van der Waals surface area (Å²) in [6.45, 7) is 0.615. The molecule has 8 heteroatoms. The fourth-order valence-corrected chi connectivity index (χ4v) is 4.43. The number of methoxy groups -OCH3 is 1. The van der Waals surface area contributed by atoms with Gasteiger partial charge in [-0.05, 0) is 59.6 Å². The second-order valence-corrected chi connectivity index (χ2v) is 8.46. The molecule has 0 N–H and O–H groups in total. The average Bonchev–Trinajstić information content (AvgIpc) is 3.46. The van der Waals surface area contributed by atoms with E-state index < -0.39 is 0 Å². The Morgan fingerprint density at radius 3 is 2.69 bits per heavy atom. The van der Waals surface area contributed by atoms with E-state index in [9.17, 15) is 4.79 Å². The summed E-state index contributed by atoms with van der Waals surface area (Å²) in [6, 6.07) is 17.1. The molecule has 5 aromatic rings. The smallest absolute Gasteiger partial charge is 0.206 e. The van der Waals surface area contributed by atoms with E-state index in [2.05, 4.69) is 19.1 Å². The van der Waals surface area contributed by atoms with Gasteiger partial charge >= 0.3 is 0 Å². The molecule has 0 atom stereocenters. The van der Waals surface area contributed by atoms with E-state index in [1.807, 2.05) is 54.7 Å². The lowest BCUT2D eigenvalue weighted by molar-refractivity contribution is 0.104. The number of carbonyl (C=O) groups excluding carboxylic acids is 1. The summed E-state index contributed by atoms with van der Waals surface area (Å²) in [7, 11) is 1.62. The molecule has 0 unspecified atom stereocenters. The molecule has 6 nitrogen and oxygen atoms in total. The van der Waals surface area contributed by atoms with Crippen LogP contribution >= 0.6 is 23.1 Å². The van der Waals surface area contributed by atoms with Crippen molar-refractivity contribution in [3.63, 3.8) is 0 Å². The van der Waals surface area contributed by atoms with Crippen molar-refractivity contribution in [1.82, 2.24) is 19.1 Å². The zero-order valence-electron chi connectivity index (χ0n) is 17.0. The molecule has 0 fully saturated rings. The van der Waals surface area contributed by atoms with Crippen molar-refractivity contribution in [2.24, 2.45) is 0 Å². The summed E-state index contributed by atoms with van der Waals surface area (Å²) in [5.41, 5.74) is 4.17. The lowest BCUT2D eigenvalue weighted by Crippen LogP contribution is -1.99. The first kappa shape index (κ1) is 20.4. The number of benzene rings is 2. The summed E-state index contributed by atoms with van der Waals surface area (Å²) < 4.78 is 11.9. The van der Waals surface area contributed by atoms with Crippen LogP contribution < -0.4 is 4.74 Å². The Morgan fingerprint density at radius 2 is 1.94 bits per heavy atom. The first-order valence-corrected chi connectivity index (χ1v) is 11.0. The molecular weight excluding hydrogens is 444 g/mol. The average molecular weight is 461 g/mol. The zero-order chi connectivity index (χ0) is 22.1. The van der Waals surface area contributed by atoms with Crippen LogP contribution in [0, 0.1) is 0 Å². The second-order valence-electron chi connectivity index (χ2n) is 7.22. The Kier molecular flexibility index (Phi) is 5.43. The second kappa shape index (κ2) is 8.53. The van der Waals surface area contributed by atoms with Gasteiger partial charge in [0.2, 0.25) is 5.78 Å². The number of hydrogen-bond acceptors (Lipinski definition) is 6. The van der Waals surface area contributed by atoms with Gasteiger partial charge in [-0.3, -0.25) is 4.79 Å². The Balaban J connectivity index is 1.56. The van der Waals surface area contributed by atoms with Crippen LogP contribution in [0.5, 0.6) is 5.75 Å². The molecule has 32 heavy (non-hydrogen) atoms. The standard InChI is InChI=1S/C24H17ClN4O2S/c1-31-18-6-7-22-19(10-18)20(14-29(22)13-15-2-4-17(25)5-3-15)24(30)23-11-21(28-32-23)16-8-9-26-27-12-16/h2-12,14H,13H2,1H3. The van der Waals surface area contributed by atoms with Crippen LogP contribution in [0.15, 0.2) is 73.2 Å². The van der Waals surface area contributed by atoms with Gasteiger partial charge in [0.05, 0.1) is 30.1 Å². The van der Waals surface area contributed by atoms with Gasteiger partial charge < -0.3 is 9.30 Å². The van der Waals surface area contributed by atoms with Crippen molar-refractivity contribution >= 4 is 39.8 Å². The van der Waals surface area contributed by atoms with Gasteiger partial charge in [-0.2, -0.15) is 14.6 Å². The largest absolute Gasteiger partial charge is 0.497 e. The van der Waals surface area contributed by atoms with Crippen LogP contribution in [-0.2, 0) is 6.54 Å². The first-order valence-electron chi connectivity index (χ1n) is 9.82. The van der Waals surface area contributed by atoms with Gasteiger partial charge in [-0.25, -0.2) is 0 Å². The van der Waals surface area contributed by atoms with Crippen molar-refractivity contribution in [3.05, 3.63) is 94.2 Å². The SMILES string of the molecule is COc1ccc2c(c1)c(C(=O)c1cc(-c3ccnnc3)ns1)cn2Cc1ccc(Cl)cc1. The van der Waals surface area contributed by atoms with E-state index in [1.165, 1.54) is 11.5 Å². The molecule has 0 saturated carbocycles. The zero-order valence-corrected chi connectivity index (χ0v) is 18.6. The van der Waals surface area contributed by atoms with Crippen molar-refractivity contribution < 1.29 is 9.53 Å². The predicted molar refractivity (Wildman–Crippen MR) is 126 cm³/mol. The van der Waals surface area contributed by atoms with Gasteiger partial charge in [0.1, 0.15) is 5.75 Å². The molecular formula is C24H17ClN4O2S. The van der Waals surface area contributed by atoms with Crippen LogP contribution in [0.4, 0.5) is 0 Å². The van der Waals surface area contributed by atoms with E-state index in [0.29, 0.717) is 33.5 Å². The minimum Gasteiger partial charge on any atom is -0.497 e. The lowest BCUT2D eigenvalue weighted by Gasteiger charge is -2.06. The summed E-state index contributed by atoms with van der Waals surface area (Å²) in [4.78, 5) is 14.0. The van der Waals surface area contributed by atoms with Crippen LogP contribution in [0.1, 0.15) is 20.8 Å². The predicted octanol–water partition coefficient (Wildman–Crippen LogP) is 5.50. The maximum atomic E-state index is 13.5. The molecule has 0 radical (unpaired) electrons. The van der Waals surface area contributed by atoms with E-state index in [1.54, 1.807) is 25.6 Å². The number of ketones is 1. The molecule has 5 rings (SSSR count). The quantitative estimate of drug-likeness (QED) is 0.313. The number of nitrogens with zero attached hydrogens (tertiary/aromatic N) is 4. The highest BCUT2D eigenvalue weighted by Gasteiger charge is 2.20. The molecule has 0 aliphatic carbocycles. The van der Waals surface area contributed by atoms with Gasteiger partial charge in [0.15, 0.2) is 0 Å². The molecule has 0 aliphatic heterocycles. The van der Waals surface area contributed by atoms with E-state index in [-0.39, 0.29) is 5.78 Å². The van der Waals surface area contributed by atoms with Crippen LogP contribution in [0.3, 0.4) is 0 Å². The fraction of sp³-hybridized carbons (Fsp3) is 0.0833. The first-order chi connectivity index (χ1) is 15.6. The Morgan fingerprint density at radius 1 is 1.09 bits per heavy atom. The Labute approximate surface area is 193 Å². The normalized spacial score (nSPS) is 11.1. The highest BCUT2D eigenvalue weighted by molar-refractivity contribution is 7.08. The molecule has 0 amide bonds. The van der Waals surface area contributed by atoms with Crippen molar-refractivity contribution in [2.45, 2.75) is 6.54 Å². The number of hydrogen-bond donors (Lipinski definition) is 0. The minimum absolute atomic E-state index is 0.0797. The third-order valence-corrected chi connectivity index (χ3v) is 6.25. The summed E-state index contributed by atoms with van der Waals surface area (Å²) >= 11 is 7.20. The van der Waals surface area contributed by atoms with Gasteiger partial charge in [-0.1, -0.05) is 23.7 Å². The van der Waals surface area contributed by atoms with Crippen molar-refractivity contribution in [1.29, 1.82) is 0 Å². The monoisotopic (exact) mass is 460 g/mol. The minimum atomic E-state index is -0.0797. The molecule has 0 aliphatic rings. The molecule has 0 bridgehead atoms. The van der Waals surface area contributed by atoms with Crippen LogP contribution in [0.25, 0.3) is 22.2 Å². The summed E-state index contributed by atoms with van der Waals surface area (Å²) in [5.74, 6) is 0.618. The van der Waals surface area contributed by atoms with Gasteiger partial charge in [-0.15, -0.1) is 0 Å². The summed E-state index contributed by atoms with van der Waals surface area (Å²) in [6.07, 6.45) is 5.13. The number of fused-ring (bicyclic) bond motifs is 1. The molecule has 2 aromatic carbocycles.